The Morgan fingerprint density at radius 3 is 2.40 bits per heavy atom. The number of hydrogen-bond donors (Lipinski definition) is 1. The van der Waals surface area contributed by atoms with Crippen LogP contribution >= 0.6 is 0 Å². The van der Waals surface area contributed by atoms with Crippen LogP contribution in [0.15, 0.2) is 54.6 Å². The molecule has 2 aromatic rings. The molecule has 4 atom stereocenters. The van der Waals surface area contributed by atoms with Gasteiger partial charge in [-0.3, -0.25) is 4.79 Å². The van der Waals surface area contributed by atoms with Crippen LogP contribution in [0.1, 0.15) is 58.1 Å². The smallest absolute Gasteiger partial charge is 0.308 e. The van der Waals surface area contributed by atoms with Gasteiger partial charge in [0.25, 0.3) is 0 Å². The Morgan fingerprint density at radius 2 is 1.77 bits per heavy atom. The summed E-state index contributed by atoms with van der Waals surface area (Å²) >= 11 is 0. The van der Waals surface area contributed by atoms with Crippen LogP contribution in [0.2, 0.25) is 0 Å². The van der Waals surface area contributed by atoms with Gasteiger partial charge in [-0.1, -0.05) is 57.5 Å². The molecule has 1 aliphatic rings. The van der Waals surface area contributed by atoms with Crippen LogP contribution in [0.5, 0.6) is 5.75 Å². The minimum absolute atomic E-state index is 0.0265. The summed E-state index contributed by atoms with van der Waals surface area (Å²) in [5.74, 6) is 2.27. The third kappa shape index (κ3) is 6.01. The van der Waals surface area contributed by atoms with Crippen molar-refractivity contribution in [2.75, 3.05) is 12.4 Å². The van der Waals surface area contributed by atoms with E-state index in [2.05, 4.69) is 26.1 Å². The van der Waals surface area contributed by atoms with E-state index in [0.717, 1.165) is 29.8 Å². The lowest BCUT2D eigenvalue weighted by Crippen LogP contribution is -2.36. The Bertz CT molecular complexity index is 788. The maximum Gasteiger partial charge on any atom is 0.308 e. The summed E-state index contributed by atoms with van der Waals surface area (Å²) in [6.07, 6.45) is 3.66. The van der Waals surface area contributed by atoms with Gasteiger partial charge in [0.1, 0.15) is 11.9 Å². The van der Waals surface area contributed by atoms with Crippen molar-refractivity contribution in [1.82, 2.24) is 0 Å². The molecular formula is C26H35NO3. The molecule has 0 radical (unpaired) electrons. The largest absolute Gasteiger partial charge is 0.497 e. The van der Waals surface area contributed by atoms with Gasteiger partial charge in [0.15, 0.2) is 0 Å². The van der Waals surface area contributed by atoms with Crippen molar-refractivity contribution in [3.8, 4) is 5.75 Å². The lowest BCUT2D eigenvalue weighted by atomic mass is 9.75. The molecule has 0 spiro atoms. The lowest BCUT2D eigenvalue weighted by molar-refractivity contribution is -0.156. The fourth-order valence-electron chi connectivity index (χ4n) is 4.46. The number of anilines is 1. The predicted molar refractivity (Wildman–Crippen MR) is 122 cm³/mol. The summed E-state index contributed by atoms with van der Waals surface area (Å²) in [5, 5.41) is 3.50. The van der Waals surface area contributed by atoms with Gasteiger partial charge in [-0.05, 0) is 60.4 Å². The highest BCUT2D eigenvalue weighted by atomic mass is 16.5. The fraction of sp³-hybridized carbons (Fsp3) is 0.500. The number of carbonyl (C=O) groups excluding carboxylic acids is 1. The van der Waals surface area contributed by atoms with E-state index in [-0.39, 0.29) is 18.1 Å². The van der Waals surface area contributed by atoms with Gasteiger partial charge >= 0.3 is 5.97 Å². The third-order valence-electron chi connectivity index (χ3n) is 6.25. The molecule has 0 aromatic heterocycles. The molecule has 0 unspecified atom stereocenters. The average Bonchev–Trinajstić information content (AvgIpc) is 2.74. The Hall–Kier alpha value is -2.49. The van der Waals surface area contributed by atoms with Gasteiger partial charge in [0.2, 0.25) is 0 Å². The molecule has 1 saturated carbocycles. The number of methoxy groups -OCH3 is 1. The zero-order valence-electron chi connectivity index (χ0n) is 18.6. The molecule has 0 amide bonds. The highest BCUT2D eigenvalue weighted by Crippen LogP contribution is 2.36. The van der Waals surface area contributed by atoms with Crippen molar-refractivity contribution >= 4 is 11.7 Å². The Labute approximate surface area is 181 Å². The minimum atomic E-state index is -0.148. The monoisotopic (exact) mass is 409 g/mol. The number of nitrogens with one attached hydrogen (secondary N) is 1. The first-order valence-corrected chi connectivity index (χ1v) is 11.1. The fourth-order valence-corrected chi connectivity index (χ4v) is 4.46. The number of rotatable bonds is 8. The molecule has 2 aromatic carbocycles. The van der Waals surface area contributed by atoms with E-state index in [1.165, 1.54) is 6.42 Å². The summed E-state index contributed by atoms with van der Waals surface area (Å²) in [6.45, 7) is 6.73. The molecular weight excluding hydrogens is 374 g/mol. The maximum atomic E-state index is 13.0. The van der Waals surface area contributed by atoms with E-state index in [4.69, 9.17) is 9.47 Å². The van der Waals surface area contributed by atoms with Crippen LogP contribution in [-0.2, 0) is 9.53 Å². The van der Waals surface area contributed by atoms with E-state index in [9.17, 15) is 4.79 Å². The quantitative estimate of drug-likeness (QED) is 0.524. The van der Waals surface area contributed by atoms with Gasteiger partial charge in [-0.2, -0.15) is 0 Å². The average molecular weight is 410 g/mol. The molecule has 1 aliphatic carbocycles. The van der Waals surface area contributed by atoms with E-state index >= 15 is 0 Å². The highest BCUT2D eigenvalue weighted by molar-refractivity contribution is 5.71. The van der Waals surface area contributed by atoms with Crippen LogP contribution in [0.4, 0.5) is 5.69 Å². The number of carbonyl (C=O) groups is 1. The standard InChI is InChI=1S/C26H35NO3/c1-18(2)23-15-10-19(3)16-25(23)30-26(28)17-24(20-8-6-5-7-9-20)27-21-11-13-22(29-4)14-12-21/h5-9,11-14,18-19,23-25,27H,10,15-17H2,1-4H3/t19-,23+,24-,25-/m1/s1. The van der Waals surface area contributed by atoms with E-state index < -0.39 is 0 Å². The minimum Gasteiger partial charge on any atom is -0.497 e. The van der Waals surface area contributed by atoms with Gasteiger partial charge in [0.05, 0.1) is 19.6 Å². The predicted octanol–water partition coefficient (Wildman–Crippen LogP) is 6.24. The zero-order chi connectivity index (χ0) is 21.5. The number of hydrogen-bond acceptors (Lipinski definition) is 4. The van der Waals surface area contributed by atoms with Crippen molar-refractivity contribution in [2.24, 2.45) is 17.8 Å². The first kappa shape index (κ1) is 22.2. The Kier molecular flexibility index (Phi) is 7.78. The highest BCUT2D eigenvalue weighted by Gasteiger charge is 2.33. The summed E-state index contributed by atoms with van der Waals surface area (Å²) < 4.78 is 11.3. The molecule has 1 fully saturated rings. The molecule has 30 heavy (non-hydrogen) atoms. The van der Waals surface area contributed by atoms with Crippen molar-refractivity contribution in [3.05, 3.63) is 60.2 Å². The van der Waals surface area contributed by atoms with E-state index in [0.29, 0.717) is 24.2 Å². The molecule has 0 aliphatic heterocycles. The normalized spacial score (nSPS) is 22.4. The van der Waals surface area contributed by atoms with E-state index in [1.807, 2.05) is 54.6 Å². The second kappa shape index (κ2) is 10.5. The molecule has 4 heteroatoms. The van der Waals surface area contributed by atoms with Gasteiger partial charge in [-0.15, -0.1) is 0 Å². The Morgan fingerprint density at radius 1 is 1.07 bits per heavy atom. The molecule has 0 bridgehead atoms. The first-order valence-electron chi connectivity index (χ1n) is 11.1. The van der Waals surface area contributed by atoms with Crippen molar-refractivity contribution in [1.29, 1.82) is 0 Å². The number of ether oxygens (including phenoxy) is 2. The molecule has 4 nitrogen and oxygen atoms in total. The van der Waals surface area contributed by atoms with Crippen molar-refractivity contribution in [2.45, 2.75) is 58.6 Å². The van der Waals surface area contributed by atoms with Crippen LogP contribution in [0.25, 0.3) is 0 Å². The second-order valence-electron chi connectivity index (χ2n) is 8.89. The lowest BCUT2D eigenvalue weighted by Gasteiger charge is -2.37. The molecule has 3 rings (SSSR count). The molecule has 162 valence electrons. The van der Waals surface area contributed by atoms with Gasteiger partial charge in [-0.25, -0.2) is 0 Å². The van der Waals surface area contributed by atoms with E-state index in [1.54, 1.807) is 7.11 Å². The molecule has 0 saturated heterocycles. The van der Waals surface area contributed by atoms with Gasteiger partial charge in [0, 0.05) is 5.69 Å². The second-order valence-corrected chi connectivity index (χ2v) is 8.89. The Balaban J connectivity index is 1.71. The zero-order valence-corrected chi connectivity index (χ0v) is 18.6. The maximum absolute atomic E-state index is 13.0. The SMILES string of the molecule is COc1ccc(N[C@H](CC(=O)O[C@@H]2C[C@H](C)CC[C@H]2C(C)C)c2ccccc2)cc1. The first-order chi connectivity index (χ1) is 14.5. The summed E-state index contributed by atoms with van der Waals surface area (Å²) in [5.41, 5.74) is 2.02. The van der Waals surface area contributed by atoms with Crippen LogP contribution < -0.4 is 10.1 Å². The molecule has 0 heterocycles. The number of esters is 1. The third-order valence-corrected chi connectivity index (χ3v) is 6.25. The van der Waals surface area contributed by atoms with Crippen LogP contribution in [0.3, 0.4) is 0 Å². The topological polar surface area (TPSA) is 47.6 Å². The summed E-state index contributed by atoms with van der Waals surface area (Å²) in [6, 6.07) is 17.7. The van der Waals surface area contributed by atoms with Crippen molar-refractivity contribution in [3.63, 3.8) is 0 Å². The van der Waals surface area contributed by atoms with Crippen LogP contribution in [-0.4, -0.2) is 19.2 Å². The van der Waals surface area contributed by atoms with Gasteiger partial charge < -0.3 is 14.8 Å². The molecule has 1 N–H and O–H groups in total. The van der Waals surface area contributed by atoms with Crippen molar-refractivity contribution < 1.29 is 14.3 Å². The summed E-state index contributed by atoms with van der Waals surface area (Å²) in [7, 11) is 1.65. The van der Waals surface area contributed by atoms with Crippen LogP contribution in [0, 0.1) is 17.8 Å². The summed E-state index contributed by atoms with van der Waals surface area (Å²) in [4.78, 5) is 13.0. The number of benzene rings is 2.